The van der Waals surface area contributed by atoms with Crippen LogP contribution < -0.4 is 42.5 Å². The van der Waals surface area contributed by atoms with Crippen molar-refractivity contribution in [2.45, 2.75) is 52.6 Å². The number of carbonyl (C=O) groups is 4. The minimum atomic E-state index is -0.426. The standard InChI is InChI=1S/2C15H16N2O3.C14H14N2O3.C12H18N2O3/c1-10-4-2-3-5-11(10)9-16-15(20)17-13-7-6-12(18)8-14(13)19;18-12-6-7-13(14(19)10-12)17-15(20)16-9-8-11-4-2-1-3-5-11;17-11-6-7-12(13(18)8-11)16-14(19)15-9-10-4-2-1-3-5-10;1-2-3-4-7-13-12(17)14-10-6-5-9(15)8-11(10)16/h2-8,18-19H,9H2,1H3,(H2,16,17,20);1-7,10,18-19H,8-9H2,(H2,16,17,20);1-8,17-18H,9H2,(H2,15,16,19);5-6,8,15-16H,2-4,7H2,1H3,(H2,13,14,17). The molecule has 0 saturated carbocycles. The van der Waals surface area contributed by atoms with Gasteiger partial charge in [0.1, 0.15) is 46.0 Å². The number of hydrogen-bond donors (Lipinski definition) is 16. The molecule has 0 unspecified atom stereocenters. The second kappa shape index (κ2) is 31.5. The van der Waals surface area contributed by atoms with Gasteiger partial charge in [-0.05, 0) is 90.6 Å². The van der Waals surface area contributed by atoms with E-state index in [9.17, 15) is 39.6 Å². The average molecular weight is 1040 g/mol. The molecule has 8 amide bonds. The first-order valence-electron chi connectivity index (χ1n) is 23.9. The Morgan fingerprint density at radius 1 is 0.382 bits per heavy atom. The third-order valence-electron chi connectivity index (χ3n) is 10.5. The van der Waals surface area contributed by atoms with Gasteiger partial charge in [0.2, 0.25) is 0 Å². The maximum absolute atomic E-state index is 11.7. The number of benzene rings is 7. The molecule has 0 bridgehead atoms. The third-order valence-corrected chi connectivity index (χ3v) is 10.5. The number of amides is 8. The second-order valence-corrected chi connectivity index (χ2v) is 16.5. The largest absolute Gasteiger partial charge is 0.508 e. The number of phenols is 8. The van der Waals surface area contributed by atoms with E-state index in [2.05, 4.69) is 49.5 Å². The van der Waals surface area contributed by atoms with Crippen molar-refractivity contribution >= 4 is 46.9 Å². The lowest BCUT2D eigenvalue weighted by molar-refractivity contribution is 0.251. The molecule has 7 rings (SSSR count). The summed E-state index contributed by atoms with van der Waals surface area (Å²) >= 11 is 0. The topological polar surface area (TPSA) is 326 Å². The third kappa shape index (κ3) is 22.2. The molecular weight excluding hydrogens is 977 g/mol. The quantitative estimate of drug-likeness (QED) is 0.0259. The maximum Gasteiger partial charge on any atom is 0.319 e. The first-order chi connectivity index (χ1) is 36.5. The molecular formula is C56H64N8O12. The van der Waals surface area contributed by atoms with Crippen molar-refractivity contribution in [1.82, 2.24) is 21.3 Å². The van der Waals surface area contributed by atoms with E-state index in [1.54, 1.807) is 0 Å². The van der Waals surface area contributed by atoms with Crippen LogP contribution in [0.25, 0.3) is 0 Å². The lowest BCUT2D eigenvalue weighted by atomic mass is 10.1. The predicted octanol–water partition coefficient (Wildman–Crippen LogP) is 10.0. The fourth-order valence-electron chi connectivity index (χ4n) is 6.47. The highest BCUT2D eigenvalue weighted by Crippen LogP contribution is 2.30. The van der Waals surface area contributed by atoms with E-state index in [1.807, 2.05) is 91.9 Å². The van der Waals surface area contributed by atoms with Crippen molar-refractivity contribution < 1.29 is 60.0 Å². The molecule has 0 radical (unpaired) electrons. The molecule has 76 heavy (non-hydrogen) atoms. The fourth-order valence-corrected chi connectivity index (χ4v) is 6.47. The highest BCUT2D eigenvalue weighted by atomic mass is 16.3. The lowest BCUT2D eigenvalue weighted by Crippen LogP contribution is -2.30. The van der Waals surface area contributed by atoms with Crippen molar-refractivity contribution in [2.75, 3.05) is 34.4 Å². The van der Waals surface area contributed by atoms with Gasteiger partial charge in [0.05, 0.1) is 22.7 Å². The van der Waals surface area contributed by atoms with Gasteiger partial charge in [-0.2, -0.15) is 0 Å². The minimum absolute atomic E-state index is 0.0450. The minimum Gasteiger partial charge on any atom is -0.508 e. The summed E-state index contributed by atoms with van der Waals surface area (Å²) in [4.78, 5) is 46.4. The first-order valence-corrected chi connectivity index (χ1v) is 23.9. The van der Waals surface area contributed by atoms with Crippen LogP contribution in [0.15, 0.2) is 158 Å². The zero-order valence-electron chi connectivity index (χ0n) is 41.9. The van der Waals surface area contributed by atoms with Gasteiger partial charge in [0.15, 0.2) is 0 Å². The summed E-state index contributed by atoms with van der Waals surface area (Å²) in [6.07, 6.45) is 3.84. The number of aryl methyl sites for hydroxylation is 1. The van der Waals surface area contributed by atoms with Crippen LogP contribution in [0.1, 0.15) is 48.4 Å². The molecule has 0 atom stereocenters. The number of nitrogens with one attached hydrogen (secondary N) is 8. The molecule has 0 spiro atoms. The van der Waals surface area contributed by atoms with Gasteiger partial charge in [-0.15, -0.1) is 0 Å². The zero-order chi connectivity index (χ0) is 55.2. The molecule has 0 aliphatic carbocycles. The van der Waals surface area contributed by atoms with Gasteiger partial charge in [-0.3, -0.25) is 0 Å². The summed E-state index contributed by atoms with van der Waals surface area (Å²) in [5.41, 5.74) is 5.25. The van der Waals surface area contributed by atoms with Crippen LogP contribution in [-0.2, 0) is 19.5 Å². The Bertz CT molecular complexity index is 2950. The number of aromatic hydroxyl groups is 8. The number of carbonyl (C=O) groups excluding carboxylic acids is 4. The molecule has 20 nitrogen and oxygen atoms in total. The molecule has 0 aromatic heterocycles. The summed E-state index contributed by atoms with van der Waals surface area (Å²) in [7, 11) is 0. The van der Waals surface area contributed by atoms with Crippen LogP contribution in [0.2, 0.25) is 0 Å². The average Bonchev–Trinajstić information content (AvgIpc) is 3.39. The Labute approximate surface area is 439 Å². The number of hydrogen-bond acceptors (Lipinski definition) is 12. The second-order valence-electron chi connectivity index (χ2n) is 16.5. The molecule has 0 aliphatic heterocycles. The molecule has 0 aliphatic rings. The number of urea groups is 4. The van der Waals surface area contributed by atoms with E-state index < -0.39 is 18.1 Å². The number of phenolic OH excluding ortho intramolecular Hbond substituents is 8. The summed E-state index contributed by atoms with van der Waals surface area (Å²) in [5.74, 6) is -0.933. The van der Waals surface area contributed by atoms with Crippen molar-refractivity contribution in [1.29, 1.82) is 0 Å². The molecule has 400 valence electrons. The lowest BCUT2D eigenvalue weighted by Gasteiger charge is -2.10. The van der Waals surface area contributed by atoms with E-state index in [4.69, 9.17) is 20.4 Å². The summed E-state index contributed by atoms with van der Waals surface area (Å²) in [6, 6.07) is 41.4. The first kappa shape index (κ1) is 58.6. The molecule has 0 fully saturated rings. The maximum atomic E-state index is 11.7. The predicted molar refractivity (Wildman–Crippen MR) is 292 cm³/mol. The Hall–Kier alpha value is -9.98. The van der Waals surface area contributed by atoms with Crippen LogP contribution in [-0.4, -0.2) is 78.1 Å². The smallest absolute Gasteiger partial charge is 0.319 e. The fraction of sp³-hybridized carbons (Fsp3) is 0.179. The SMILES string of the molecule is CCCCCNC(=O)Nc1ccc(O)cc1O.Cc1ccccc1CNC(=O)Nc1ccc(O)cc1O.O=C(NCCc1ccccc1)Nc1ccc(O)cc1O.O=C(NCc1ccccc1)Nc1ccc(O)cc1O. The summed E-state index contributed by atoms with van der Waals surface area (Å²) < 4.78 is 0. The van der Waals surface area contributed by atoms with E-state index >= 15 is 0 Å². The monoisotopic (exact) mass is 1040 g/mol. The van der Waals surface area contributed by atoms with Crippen molar-refractivity contribution in [3.63, 3.8) is 0 Å². The van der Waals surface area contributed by atoms with E-state index in [0.717, 1.165) is 60.1 Å². The highest BCUT2D eigenvalue weighted by molar-refractivity contribution is 5.93. The van der Waals surface area contributed by atoms with Crippen molar-refractivity contribution in [2.24, 2.45) is 0 Å². The van der Waals surface area contributed by atoms with Crippen LogP contribution in [0, 0.1) is 6.92 Å². The Balaban J connectivity index is 0.000000219. The Morgan fingerprint density at radius 3 is 1.13 bits per heavy atom. The molecule has 0 saturated heterocycles. The summed E-state index contributed by atoms with van der Waals surface area (Å²) in [5, 5.41) is 95.4. The highest BCUT2D eigenvalue weighted by Gasteiger charge is 2.10. The Morgan fingerprint density at radius 2 is 0.737 bits per heavy atom. The van der Waals surface area contributed by atoms with Gasteiger partial charge < -0.3 is 83.4 Å². The molecule has 16 N–H and O–H groups in total. The number of rotatable bonds is 15. The van der Waals surface area contributed by atoms with Crippen LogP contribution in [0.5, 0.6) is 46.0 Å². The van der Waals surface area contributed by atoms with Crippen molar-refractivity contribution in [3.05, 3.63) is 180 Å². The van der Waals surface area contributed by atoms with E-state index in [1.165, 1.54) is 60.7 Å². The van der Waals surface area contributed by atoms with Gasteiger partial charge in [0, 0.05) is 50.4 Å². The van der Waals surface area contributed by atoms with Crippen LogP contribution >= 0.6 is 0 Å². The van der Waals surface area contributed by atoms with Crippen LogP contribution in [0.4, 0.5) is 41.9 Å². The van der Waals surface area contributed by atoms with Gasteiger partial charge in [-0.25, -0.2) is 19.2 Å². The van der Waals surface area contributed by atoms with E-state index in [0.29, 0.717) is 26.2 Å². The molecule has 7 aromatic carbocycles. The van der Waals surface area contributed by atoms with Crippen LogP contribution in [0.3, 0.4) is 0 Å². The van der Waals surface area contributed by atoms with Gasteiger partial charge >= 0.3 is 24.1 Å². The number of anilines is 4. The van der Waals surface area contributed by atoms with Gasteiger partial charge in [0.25, 0.3) is 0 Å². The molecule has 20 heteroatoms. The Kier molecular flexibility index (Phi) is 24.3. The number of unbranched alkanes of at least 4 members (excludes halogenated alkanes) is 2. The van der Waals surface area contributed by atoms with Crippen molar-refractivity contribution in [3.8, 4) is 46.0 Å². The molecule has 7 aromatic rings. The van der Waals surface area contributed by atoms with E-state index in [-0.39, 0.29) is 74.8 Å². The zero-order valence-corrected chi connectivity index (χ0v) is 41.9. The normalized spacial score (nSPS) is 9.97. The molecule has 0 heterocycles. The van der Waals surface area contributed by atoms with Gasteiger partial charge in [-0.1, -0.05) is 105 Å². The summed E-state index contributed by atoms with van der Waals surface area (Å²) in [6.45, 7) is 5.96.